The summed E-state index contributed by atoms with van der Waals surface area (Å²) in [5.74, 6) is 0.443. The molecule has 0 aromatic carbocycles. The topological polar surface area (TPSA) is 46.2 Å². The van der Waals surface area contributed by atoms with Crippen LogP contribution in [-0.4, -0.2) is 16.7 Å². The van der Waals surface area contributed by atoms with Crippen LogP contribution in [0.25, 0.3) is 0 Å². The Hall–Kier alpha value is -0.0800. The van der Waals surface area contributed by atoms with Crippen LogP contribution in [0.1, 0.15) is 46.0 Å². The van der Waals surface area contributed by atoms with Crippen molar-refractivity contribution >= 4 is 0 Å². The summed E-state index contributed by atoms with van der Waals surface area (Å²) in [7, 11) is 0. The molecule has 1 saturated carbocycles. The van der Waals surface area contributed by atoms with Crippen LogP contribution in [0.2, 0.25) is 0 Å². The second-order valence-electron chi connectivity index (χ2n) is 4.66. The lowest BCUT2D eigenvalue weighted by Gasteiger charge is -2.34. The van der Waals surface area contributed by atoms with E-state index < -0.39 is 5.54 Å². The first-order chi connectivity index (χ1) is 5.52. The highest BCUT2D eigenvalue weighted by atomic mass is 16.3. The Morgan fingerprint density at radius 1 is 1.25 bits per heavy atom. The largest absolute Gasteiger partial charge is 0.391 e. The van der Waals surface area contributed by atoms with Gasteiger partial charge in [-0.3, -0.25) is 0 Å². The Morgan fingerprint density at radius 2 is 1.75 bits per heavy atom. The van der Waals surface area contributed by atoms with Crippen LogP contribution in [0.4, 0.5) is 0 Å². The Bertz CT molecular complexity index is 133. The fourth-order valence-electron chi connectivity index (χ4n) is 2.06. The molecule has 0 radical (unpaired) electrons. The summed E-state index contributed by atoms with van der Waals surface area (Å²) in [6.07, 6.45) is 5.84. The molecular formula is C10H21NO. The summed E-state index contributed by atoms with van der Waals surface area (Å²) in [5.41, 5.74) is 5.43. The molecule has 0 aromatic rings. The molecular weight excluding hydrogens is 150 g/mol. The van der Waals surface area contributed by atoms with Gasteiger partial charge in [-0.15, -0.1) is 0 Å². The van der Waals surface area contributed by atoms with Crippen molar-refractivity contribution in [3.63, 3.8) is 0 Å². The fraction of sp³-hybridized carbons (Fsp3) is 1.00. The summed E-state index contributed by atoms with van der Waals surface area (Å²) in [5, 5.41) is 9.89. The Morgan fingerprint density at radius 3 is 2.17 bits per heavy atom. The molecule has 0 heterocycles. The summed E-state index contributed by atoms with van der Waals surface area (Å²) in [6.45, 7) is 3.82. The van der Waals surface area contributed by atoms with Crippen LogP contribution in [-0.2, 0) is 0 Å². The van der Waals surface area contributed by atoms with Crippen molar-refractivity contribution in [2.75, 3.05) is 0 Å². The molecule has 72 valence electrons. The minimum atomic E-state index is -0.429. The van der Waals surface area contributed by atoms with Gasteiger partial charge in [0.1, 0.15) is 0 Å². The number of aliphatic hydroxyl groups is 1. The zero-order valence-corrected chi connectivity index (χ0v) is 8.21. The van der Waals surface area contributed by atoms with Crippen molar-refractivity contribution < 1.29 is 5.11 Å². The van der Waals surface area contributed by atoms with Crippen LogP contribution in [0.5, 0.6) is 0 Å². The molecule has 1 aliphatic carbocycles. The number of rotatable bonds is 2. The lowest BCUT2D eigenvalue weighted by Crippen LogP contribution is -2.49. The lowest BCUT2D eigenvalue weighted by molar-refractivity contribution is 0.0309. The molecule has 1 rings (SSSR count). The van der Waals surface area contributed by atoms with Crippen LogP contribution in [0.15, 0.2) is 0 Å². The number of aliphatic hydroxyl groups excluding tert-OH is 1. The minimum absolute atomic E-state index is 0.321. The Labute approximate surface area is 75.2 Å². The average molecular weight is 171 g/mol. The molecule has 0 aromatic heterocycles. The quantitative estimate of drug-likeness (QED) is 0.664. The highest BCUT2D eigenvalue weighted by Gasteiger charge is 2.31. The van der Waals surface area contributed by atoms with Gasteiger partial charge in [-0.25, -0.2) is 0 Å². The SMILES string of the molecule is CC(C)(N)C(O)C1CCCCC1. The molecule has 0 saturated heterocycles. The second kappa shape index (κ2) is 3.75. The van der Waals surface area contributed by atoms with Crippen molar-refractivity contribution in [3.05, 3.63) is 0 Å². The van der Waals surface area contributed by atoms with E-state index in [-0.39, 0.29) is 6.10 Å². The van der Waals surface area contributed by atoms with E-state index in [1.54, 1.807) is 0 Å². The van der Waals surface area contributed by atoms with Gasteiger partial charge in [0.15, 0.2) is 0 Å². The van der Waals surface area contributed by atoms with E-state index in [9.17, 15) is 5.11 Å². The second-order valence-corrected chi connectivity index (χ2v) is 4.66. The Kier molecular flexibility index (Phi) is 3.13. The van der Waals surface area contributed by atoms with Gasteiger partial charge in [0.05, 0.1) is 6.10 Å². The van der Waals surface area contributed by atoms with Crippen molar-refractivity contribution in [3.8, 4) is 0 Å². The van der Waals surface area contributed by atoms with Crippen molar-refractivity contribution in [1.82, 2.24) is 0 Å². The zero-order chi connectivity index (χ0) is 9.19. The molecule has 0 aliphatic heterocycles. The molecule has 2 heteroatoms. The number of hydrogen-bond donors (Lipinski definition) is 2. The molecule has 1 unspecified atom stereocenters. The van der Waals surface area contributed by atoms with Crippen LogP contribution in [0, 0.1) is 5.92 Å². The maximum Gasteiger partial charge on any atom is 0.0742 e. The van der Waals surface area contributed by atoms with E-state index >= 15 is 0 Å². The highest BCUT2D eigenvalue weighted by Crippen LogP contribution is 2.29. The van der Waals surface area contributed by atoms with Gasteiger partial charge >= 0.3 is 0 Å². The van der Waals surface area contributed by atoms with Crippen LogP contribution >= 0.6 is 0 Å². The number of nitrogens with two attached hydrogens (primary N) is 1. The van der Waals surface area contributed by atoms with E-state index in [0.29, 0.717) is 5.92 Å². The zero-order valence-electron chi connectivity index (χ0n) is 8.21. The van der Waals surface area contributed by atoms with E-state index in [1.807, 2.05) is 13.8 Å². The summed E-state index contributed by atoms with van der Waals surface area (Å²) in [6, 6.07) is 0. The highest BCUT2D eigenvalue weighted by molar-refractivity contribution is 4.88. The van der Waals surface area contributed by atoms with E-state index in [2.05, 4.69) is 0 Å². The normalized spacial score (nSPS) is 24.0. The third-order valence-corrected chi connectivity index (χ3v) is 2.86. The molecule has 12 heavy (non-hydrogen) atoms. The minimum Gasteiger partial charge on any atom is -0.391 e. The molecule has 1 aliphatic rings. The van der Waals surface area contributed by atoms with Crippen molar-refractivity contribution in [2.45, 2.75) is 57.6 Å². The first-order valence-electron chi connectivity index (χ1n) is 4.99. The van der Waals surface area contributed by atoms with Gasteiger partial charge in [-0.05, 0) is 32.6 Å². The molecule has 1 fully saturated rings. The predicted molar refractivity (Wildman–Crippen MR) is 50.8 cm³/mol. The maximum absolute atomic E-state index is 9.89. The lowest BCUT2D eigenvalue weighted by atomic mass is 9.79. The summed E-state index contributed by atoms with van der Waals surface area (Å²) < 4.78 is 0. The molecule has 2 nitrogen and oxygen atoms in total. The van der Waals surface area contributed by atoms with E-state index in [0.717, 1.165) is 12.8 Å². The molecule has 3 N–H and O–H groups in total. The predicted octanol–water partition coefficient (Wildman–Crippen LogP) is 1.66. The maximum atomic E-state index is 9.89. The summed E-state index contributed by atoms with van der Waals surface area (Å²) in [4.78, 5) is 0. The fourth-order valence-corrected chi connectivity index (χ4v) is 2.06. The first-order valence-corrected chi connectivity index (χ1v) is 4.99. The van der Waals surface area contributed by atoms with Gasteiger partial charge < -0.3 is 10.8 Å². The molecule has 0 amide bonds. The standard InChI is InChI=1S/C10H21NO/c1-10(2,11)9(12)8-6-4-3-5-7-8/h8-9,12H,3-7,11H2,1-2H3. The molecule has 0 spiro atoms. The van der Waals surface area contributed by atoms with Crippen LogP contribution < -0.4 is 5.73 Å². The average Bonchev–Trinajstić information content (AvgIpc) is 2.03. The van der Waals surface area contributed by atoms with E-state index in [4.69, 9.17) is 5.73 Å². The molecule has 0 bridgehead atoms. The van der Waals surface area contributed by atoms with Gasteiger partial charge in [0, 0.05) is 5.54 Å². The molecule has 1 atom stereocenters. The van der Waals surface area contributed by atoms with Gasteiger partial charge in [0.25, 0.3) is 0 Å². The van der Waals surface area contributed by atoms with Gasteiger partial charge in [-0.1, -0.05) is 19.3 Å². The third-order valence-electron chi connectivity index (χ3n) is 2.86. The van der Waals surface area contributed by atoms with Crippen LogP contribution in [0.3, 0.4) is 0 Å². The van der Waals surface area contributed by atoms with Crippen molar-refractivity contribution in [2.24, 2.45) is 11.7 Å². The van der Waals surface area contributed by atoms with Crippen molar-refractivity contribution in [1.29, 1.82) is 0 Å². The monoisotopic (exact) mass is 171 g/mol. The summed E-state index contributed by atoms with van der Waals surface area (Å²) >= 11 is 0. The van der Waals surface area contributed by atoms with Gasteiger partial charge in [-0.2, -0.15) is 0 Å². The Balaban J connectivity index is 2.45. The van der Waals surface area contributed by atoms with Gasteiger partial charge in [0.2, 0.25) is 0 Å². The first kappa shape index (κ1) is 10.0. The smallest absolute Gasteiger partial charge is 0.0742 e. The van der Waals surface area contributed by atoms with E-state index in [1.165, 1.54) is 19.3 Å². The number of hydrogen-bond acceptors (Lipinski definition) is 2. The third kappa shape index (κ3) is 2.46.